The third kappa shape index (κ3) is 3.52. The lowest BCUT2D eigenvalue weighted by Gasteiger charge is -2.35. The first-order chi connectivity index (χ1) is 10.3. The Kier molecular flexibility index (Phi) is 4.94. The van der Waals surface area contributed by atoms with Crippen molar-refractivity contribution in [3.05, 3.63) is 59.5 Å². The first-order valence-electron chi connectivity index (χ1n) is 7.71. The van der Waals surface area contributed by atoms with Gasteiger partial charge in [-0.3, -0.25) is 4.98 Å². The minimum absolute atomic E-state index is 0.208. The number of pyridine rings is 1. The molecular weight excluding hydrogens is 280 g/mol. The van der Waals surface area contributed by atoms with Gasteiger partial charge in [-0.1, -0.05) is 32.9 Å². The molecule has 1 unspecified atom stereocenters. The smallest absolute Gasteiger partial charge is 0.131 e. The summed E-state index contributed by atoms with van der Waals surface area (Å²) in [6.07, 6.45) is 7.88. The zero-order chi connectivity index (χ0) is 16.3. The maximum Gasteiger partial charge on any atom is 0.131 e. The molecule has 22 heavy (non-hydrogen) atoms. The van der Waals surface area contributed by atoms with Crippen LogP contribution in [0.1, 0.15) is 44.9 Å². The van der Waals surface area contributed by atoms with E-state index in [9.17, 15) is 8.78 Å². The van der Waals surface area contributed by atoms with Crippen molar-refractivity contribution in [3.8, 4) is 0 Å². The van der Waals surface area contributed by atoms with Crippen molar-refractivity contribution in [1.29, 1.82) is 0 Å². The monoisotopic (exact) mass is 303 g/mol. The summed E-state index contributed by atoms with van der Waals surface area (Å²) < 4.78 is 28.4. The van der Waals surface area contributed by atoms with Gasteiger partial charge in [-0.05, 0) is 36.5 Å². The maximum absolute atomic E-state index is 14.5. The normalized spacial score (nSPS) is 19.7. The van der Waals surface area contributed by atoms with E-state index in [0.29, 0.717) is 11.3 Å². The van der Waals surface area contributed by atoms with Crippen molar-refractivity contribution in [2.24, 2.45) is 11.3 Å². The SMILES string of the molecule is CCC=CC(C)(C)C1CC(F)=CC(F)=C1c1cc(C)ccn1. The van der Waals surface area contributed by atoms with E-state index in [1.165, 1.54) is 0 Å². The van der Waals surface area contributed by atoms with Gasteiger partial charge in [0.15, 0.2) is 0 Å². The highest BCUT2D eigenvalue weighted by atomic mass is 19.1. The minimum atomic E-state index is -0.509. The van der Waals surface area contributed by atoms with E-state index < -0.39 is 11.7 Å². The van der Waals surface area contributed by atoms with Crippen molar-refractivity contribution in [1.82, 2.24) is 4.98 Å². The molecule has 0 fully saturated rings. The van der Waals surface area contributed by atoms with Crippen molar-refractivity contribution >= 4 is 5.57 Å². The van der Waals surface area contributed by atoms with E-state index >= 15 is 0 Å². The van der Waals surface area contributed by atoms with Gasteiger partial charge in [0.2, 0.25) is 0 Å². The number of nitrogens with zero attached hydrogens (tertiary/aromatic N) is 1. The van der Waals surface area contributed by atoms with E-state index in [1.54, 1.807) is 6.20 Å². The fourth-order valence-corrected chi connectivity index (χ4v) is 2.89. The number of halogens is 2. The molecule has 0 aliphatic heterocycles. The summed E-state index contributed by atoms with van der Waals surface area (Å²) in [5.74, 6) is -1.18. The molecule has 0 amide bonds. The van der Waals surface area contributed by atoms with E-state index in [2.05, 4.69) is 17.1 Å². The quantitative estimate of drug-likeness (QED) is 0.628. The highest BCUT2D eigenvalue weighted by molar-refractivity contribution is 5.71. The van der Waals surface area contributed by atoms with Gasteiger partial charge < -0.3 is 0 Å². The van der Waals surface area contributed by atoms with Crippen molar-refractivity contribution in [2.75, 3.05) is 0 Å². The molecule has 0 saturated heterocycles. The number of rotatable bonds is 4. The van der Waals surface area contributed by atoms with E-state index in [1.807, 2.05) is 39.8 Å². The highest BCUT2D eigenvalue weighted by Crippen LogP contribution is 2.47. The second-order valence-electron chi connectivity index (χ2n) is 6.46. The number of hydrogen-bond acceptors (Lipinski definition) is 1. The van der Waals surface area contributed by atoms with Gasteiger partial charge >= 0.3 is 0 Å². The lowest BCUT2D eigenvalue weighted by molar-refractivity contribution is 0.323. The molecular formula is C19H23F2N. The fraction of sp³-hybridized carbons (Fsp3) is 0.421. The molecule has 0 N–H and O–H groups in total. The number of aromatic nitrogens is 1. The Morgan fingerprint density at radius 1 is 1.36 bits per heavy atom. The zero-order valence-corrected chi connectivity index (χ0v) is 13.7. The molecule has 1 aromatic rings. The Hall–Kier alpha value is -1.77. The Labute approximate surface area is 131 Å². The standard InChI is InChI=1S/C19H23F2N/c1-5-6-8-19(3,4)15-11-14(20)12-16(21)18(15)17-10-13(2)7-9-22-17/h6-10,12,15H,5,11H2,1-4H3. The average Bonchev–Trinajstić information content (AvgIpc) is 2.44. The highest BCUT2D eigenvalue weighted by Gasteiger charge is 2.36. The van der Waals surface area contributed by atoms with Crippen LogP contribution in [0.4, 0.5) is 8.78 Å². The lowest BCUT2D eigenvalue weighted by Crippen LogP contribution is -2.26. The van der Waals surface area contributed by atoms with Gasteiger partial charge in [-0.15, -0.1) is 0 Å². The van der Waals surface area contributed by atoms with Gasteiger partial charge in [-0.2, -0.15) is 0 Å². The third-order valence-corrected chi connectivity index (χ3v) is 4.16. The van der Waals surface area contributed by atoms with Gasteiger partial charge in [0.05, 0.1) is 5.69 Å². The topological polar surface area (TPSA) is 12.9 Å². The van der Waals surface area contributed by atoms with Crippen LogP contribution in [0, 0.1) is 18.3 Å². The average molecular weight is 303 g/mol. The summed E-state index contributed by atoms with van der Waals surface area (Å²) in [6, 6.07) is 3.73. The van der Waals surface area contributed by atoms with Crippen molar-refractivity contribution in [2.45, 2.75) is 40.5 Å². The molecule has 1 heterocycles. The second-order valence-corrected chi connectivity index (χ2v) is 6.46. The van der Waals surface area contributed by atoms with Gasteiger partial charge in [0, 0.05) is 30.2 Å². The maximum atomic E-state index is 14.5. The fourth-order valence-electron chi connectivity index (χ4n) is 2.89. The Bertz CT molecular complexity index is 639. The minimum Gasteiger partial charge on any atom is -0.256 e. The molecule has 0 bridgehead atoms. The molecule has 0 radical (unpaired) electrons. The molecule has 1 nitrogen and oxygen atoms in total. The van der Waals surface area contributed by atoms with Crippen LogP contribution in [-0.2, 0) is 0 Å². The Balaban J connectivity index is 2.53. The van der Waals surface area contributed by atoms with Crippen LogP contribution in [0.25, 0.3) is 5.57 Å². The van der Waals surface area contributed by atoms with Crippen LogP contribution in [0.15, 0.2) is 48.2 Å². The Morgan fingerprint density at radius 2 is 2.09 bits per heavy atom. The van der Waals surface area contributed by atoms with Crippen LogP contribution in [0.2, 0.25) is 0 Å². The van der Waals surface area contributed by atoms with Crippen LogP contribution in [0.5, 0.6) is 0 Å². The summed E-state index contributed by atoms with van der Waals surface area (Å²) in [7, 11) is 0. The largest absolute Gasteiger partial charge is 0.256 e. The molecule has 1 atom stereocenters. The molecule has 118 valence electrons. The first-order valence-corrected chi connectivity index (χ1v) is 7.71. The van der Waals surface area contributed by atoms with Gasteiger partial charge in [0.1, 0.15) is 11.7 Å². The van der Waals surface area contributed by atoms with E-state index in [0.717, 1.165) is 18.1 Å². The van der Waals surface area contributed by atoms with Crippen LogP contribution in [0.3, 0.4) is 0 Å². The second kappa shape index (κ2) is 6.55. The van der Waals surface area contributed by atoms with E-state index in [-0.39, 0.29) is 17.8 Å². The number of aryl methyl sites for hydroxylation is 1. The van der Waals surface area contributed by atoms with Crippen molar-refractivity contribution in [3.63, 3.8) is 0 Å². The lowest BCUT2D eigenvalue weighted by atomic mass is 9.69. The zero-order valence-electron chi connectivity index (χ0n) is 13.7. The van der Waals surface area contributed by atoms with Gasteiger partial charge in [-0.25, -0.2) is 8.78 Å². The first kappa shape index (κ1) is 16.6. The third-order valence-electron chi connectivity index (χ3n) is 4.16. The summed E-state index contributed by atoms with van der Waals surface area (Å²) >= 11 is 0. The molecule has 1 aromatic heterocycles. The summed E-state index contributed by atoms with van der Waals surface area (Å²) in [5.41, 5.74) is 1.78. The van der Waals surface area contributed by atoms with Crippen LogP contribution in [-0.4, -0.2) is 4.98 Å². The van der Waals surface area contributed by atoms with Gasteiger partial charge in [0.25, 0.3) is 0 Å². The Morgan fingerprint density at radius 3 is 2.73 bits per heavy atom. The van der Waals surface area contributed by atoms with E-state index in [4.69, 9.17) is 0 Å². The molecule has 1 aliphatic rings. The van der Waals surface area contributed by atoms with Crippen LogP contribution < -0.4 is 0 Å². The van der Waals surface area contributed by atoms with Crippen molar-refractivity contribution < 1.29 is 8.78 Å². The predicted molar refractivity (Wildman–Crippen MR) is 87.5 cm³/mol. The molecule has 3 heteroatoms. The van der Waals surface area contributed by atoms with Crippen LogP contribution >= 0.6 is 0 Å². The molecule has 0 aromatic carbocycles. The molecule has 2 rings (SSSR count). The summed E-state index contributed by atoms with van der Waals surface area (Å²) in [4.78, 5) is 4.31. The number of allylic oxidation sites excluding steroid dienone is 6. The molecule has 0 spiro atoms. The summed E-state index contributed by atoms with van der Waals surface area (Å²) in [6.45, 7) is 8.03. The number of hydrogen-bond donors (Lipinski definition) is 0. The predicted octanol–water partition coefficient (Wildman–Crippen LogP) is 5.94. The molecule has 0 saturated carbocycles. The summed E-state index contributed by atoms with van der Waals surface area (Å²) in [5, 5.41) is 0. The molecule has 1 aliphatic carbocycles.